The van der Waals surface area contributed by atoms with Crippen molar-refractivity contribution in [1.29, 1.82) is 0 Å². The van der Waals surface area contributed by atoms with Crippen molar-refractivity contribution in [3.63, 3.8) is 0 Å². The lowest BCUT2D eigenvalue weighted by atomic mass is 9.71. The molecule has 0 radical (unpaired) electrons. The zero-order valence-corrected chi connectivity index (χ0v) is 23.9. The smallest absolute Gasteiger partial charge is 0.274 e. The van der Waals surface area contributed by atoms with Gasteiger partial charge >= 0.3 is 0 Å². The molecule has 1 aliphatic heterocycles. The Kier molecular flexibility index (Phi) is 8.74. The molecule has 1 aliphatic carbocycles. The highest BCUT2D eigenvalue weighted by molar-refractivity contribution is 7.28. The van der Waals surface area contributed by atoms with Gasteiger partial charge < -0.3 is 20.5 Å². The van der Waals surface area contributed by atoms with E-state index < -0.39 is 17.5 Å². The van der Waals surface area contributed by atoms with Crippen molar-refractivity contribution in [3.8, 4) is 17.0 Å². The molecule has 1 aromatic carbocycles. The molecular weight excluding hydrogens is 533 g/mol. The van der Waals surface area contributed by atoms with Gasteiger partial charge in [0.2, 0.25) is 0 Å². The normalized spacial score (nSPS) is 23.6. The van der Waals surface area contributed by atoms with E-state index in [1.165, 1.54) is 12.1 Å². The van der Waals surface area contributed by atoms with Crippen LogP contribution in [0.25, 0.3) is 11.3 Å². The zero-order chi connectivity index (χ0) is 28.4. The number of nitrogens with two attached hydrogens (primary N) is 1. The number of halogens is 2. The number of nitrogens with one attached hydrogen (secondary N) is 1. The van der Waals surface area contributed by atoms with Gasteiger partial charge in [0.25, 0.3) is 5.91 Å². The Labute approximate surface area is 235 Å². The highest BCUT2D eigenvalue weighted by Crippen LogP contribution is 2.41. The van der Waals surface area contributed by atoms with Gasteiger partial charge in [-0.05, 0) is 65.7 Å². The number of carbonyl (C=O) groups excluding carboxylic acids is 1. The SMILES string of the molecule is CC1CC(c2ccncc2NC(=O)c2ccc(F)c(-c3c(F)cc(OC4CCOCC4)cc3P)n2)CC(N)C1C. The van der Waals surface area contributed by atoms with Crippen LogP contribution in [0.4, 0.5) is 14.5 Å². The largest absolute Gasteiger partial charge is 0.490 e. The predicted molar refractivity (Wildman–Crippen MR) is 154 cm³/mol. The second kappa shape index (κ2) is 12.2. The molecule has 2 aromatic heterocycles. The van der Waals surface area contributed by atoms with Crippen LogP contribution in [0.1, 0.15) is 61.5 Å². The number of pyridine rings is 2. The van der Waals surface area contributed by atoms with E-state index in [0.717, 1.165) is 24.5 Å². The van der Waals surface area contributed by atoms with E-state index in [4.69, 9.17) is 15.2 Å². The van der Waals surface area contributed by atoms with Crippen molar-refractivity contribution in [3.05, 3.63) is 65.6 Å². The first-order chi connectivity index (χ1) is 19.2. The molecule has 40 heavy (non-hydrogen) atoms. The molecule has 0 bridgehead atoms. The summed E-state index contributed by atoms with van der Waals surface area (Å²) in [6.07, 6.45) is 6.42. The molecule has 5 unspecified atom stereocenters. The van der Waals surface area contributed by atoms with Crippen LogP contribution >= 0.6 is 9.24 Å². The van der Waals surface area contributed by atoms with E-state index in [9.17, 15) is 9.18 Å². The molecule has 0 spiro atoms. The van der Waals surface area contributed by atoms with Gasteiger partial charge in [0.05, 0.1) is 25.1 Å². The molecule has 5 atom stereocenters. The lowest BCUT2D eigenvalue weighted by Crippen LogP contribution is -2.39. The van der Waals surface area contributed by atoms with Gasteiger partial charge in [-0.2, -0.15) is 0 Å². The second-order valence-corrected chi connectivity index (χ2v) is 11.5. The number of benzene rings is 1. The Morgan fingerprint density at radius 3 is 2.62 bits per heavy atom. The van der Waals surface area contributed by atoms with Crippen molar-refractivity contribution >= 4 is 26.1 Å². The summed E-state index contributed by atoms with van der Waals surface area (Å²) in [5.74, 6) is -0.584. The summed E-state index contributed by atoms with van der Waals surface area (Å²) >= 11 is 0. The standard InChI is InChI=1S/C30H35F2N4O3P/c1-16-11-18(12-24(33)17(16)2)21-5-8-34-15-26(21)36-30(37)25-4-3-22(31)29(35-25)28-23(32)13-20(14-27(28)40)39-19-6-9-38-10-7-19/h3-5,8,13-19,24H,6-7,9-12,33,40H2,1-2H3,(H,36,37). The Morgan fingerprint density at radius 2 is 1.90 bits per heavy atom. The summed E-state index contributed by atoms with van der Waals surface area (Å²) < 4.78 is 41.5. The van der Waals surface area contributed by atoms with Crippen molar-refractivity contribution in [2.75, 3.05) is 18.5 Å². The minimum Gasteiger partial charge on any atom is -0.490 e. The van der Waals surface area contributed by atoms with Gasteiger partial charge in [0, 0.05) is 36.7 Å². The summed E-state index contributed by atoms with van der Waals surface area (Å²) in [6.45, 7) is 5.56. The maximum Gasteiger partial charge on any atom is 0.274 e. The second-order valence-electron chi connectivity index (χ2n) is 10.9. The summed E-state index contributed by atoms with van der Waals surface area (Å²) in [5.41, 5.74) is 7.59. The fourth-order valence-electron chi connectivity index (χ4n) is 5.68. The molecule has 1 amide bonds. The number of rotatable bonds is 6. The first-order valence-corrected chi connectivity index (χ1v) is 14.3. The highest BCUT2D eigenvalue weighted by atomic mass is 31.0. The lowest BCUT2D eigenvalue weighted by molar-refractivity contribution is 0.0255. The monoisotopic (exact) mass is 568 g/mol. The van der Waals surface area contributed by atoms with Gasteiger partial charge in [-0.25, -0.2) is 13.8 Å². The molecule has 3 aromatic rings. The third-order valence-corrected chi connectivity index (χ3v) is 8.66. The van der Waals surface area contributed by atoms with E-state index in [2.05, 4.69) is 38.4 Å². The van der Waals surface area contributed by atoms with E-state index in [1.807, 2.05) is 6.07 Å². The van der Waals surface area contributed by atoms with Crippen LogP contribution in [0, 0.1) is 23.5 Å². The Balaban J connectivity index is 1.38. The predicted octanol–water partition coefficient (Wildman–Crippen LogP) is 5.21. The number of amides is 1. The minimum absolute atomic E-state index is 0.0418. The van der Waals surface area contributed by atoms with E-state index in [1.54, 1.807) is 18.5 Å². The van der Waals surface area contributed by atoms with Crippen LogP contribution in [0.5, 0.6) is 5.75 Å². The summed E-state index contributed by atoms with van der Waals surface area (Å²) in [5, 5.41) is 3.26. The molecule has 7 nitrogen and oxygen atoms in total. The zero-order valence-electron chi connectivity index (χ0n) is 22.7. The third kappa shape index (κ3) is 6.17. The van der Waals surface area contributed by atoms with Gasteiger partial charge in [-0.15, -0.1) is 9.24 Å². The van der Waals surface area contributed by atoms with Gasteiger partial charge in [-0.1, -0.05) is 13.8 Å². The van der Waals surface area contributed by atoms with Crippen molar-refractivity contribution in [2.24, 2.45) is 17.6 Å². The number of anilines is 1. The summed E-state index contributed by atoms with van der Waals surface area (Å²) in [7, 11) is 2.41. The molecule has 10 heteroatoms. The quantitative estimate of drug-likeness (QED) is 0.396. The number of nitrogens with zero attached hydrogens (tertiary/aromatic N) is 2. The van der Waals surface area contributed by atoms with Gasteiger partial charge in [0.1, 0.15) is 34.9 Å². The van der Waals surface area contributed by atoms with E-state index >= 15 is 4.39 Å². The van der Waals surface area contributed by atoms with Gasteiger partial charge in [-0.3, -0.25) is 9.78 Å². The topological polar surface area (TPSA) is 99.4 Å². The van der Waals surface area contributed by atoms with Crippen LogP contribution in [0.2, 0.25) is 0 Å². The average molecular weight is 569 g/mol. The molecular formula is C30H35F2N4O3P. The minimum atomic E-state index is -0.737. The van der Waals surface area contributed by atoms with Crippen molar-refractivity contribution in [2.45, 2.75) is 57.6 Å². The van der Waals surface area contributed by atoms with Crippen molar-refractivity contribution in [1.82, 2.24) is 9.97 Å². The highest BCUT2D eigenvalue weighted by Gasteiger charge is 2.32. The van der Waals surface area contributed by atoms with E-state index in [-0.39, 0.29) is 35.0 Å². The molecule has 2 fully saturated rings. The Hall–Kier alpha value is -3.00. The molecule has 212 valence electrons. The van der Waals surface area contributed by atoms with E-state index in [0.29, 0.717) is 54.6 Å². The molecule has 3 heterocycles. The number of carbonyl (C=O) groups is 1. The van der Waals surface area contributed by atoms with Gasteiger partial charge in [0.15, 0.2) is 0 Å². The van der Waals surface area contributed by atoms with Crippen LogP contribution < -0.4 is 21.1 Å². The maximum atomic E-state index is 15.3. The fraction of sp³-hybridized carbons (Fsp3) is 0.433. The summed E-state index contributed by atoms with van der Waals surface area (Å²) in [6, 6.07) is 7.24. The number of aromatic nitrogens is 2. The van der Waals surface area contributed by atoms with Crippen LogP contribution in [0.3, 0.4) is 0 Å². The molecule has 2 aliphatic rings. The first kappa shape index (κ1) is 28.5. The first-order valence-electron chi connectivity index (χ1n) is 13.7. The molecule has 5 rings (SSSR count). The summed E-state index contributed by atoms with van der Waals surface area (Å²) in [4.78, 5) is 21.7. The number of hydrogen-bond acceptors (Lipinski definition) is 6. The van der Waals surface area contributed by atoms with Crippen molar-refractivity contribution < 1.29 is 23.0 Å². The third-order valence-electron chi connectivity index (χ3n) is 8.21. The van der Waals surface area contributed by atoms with Crippen LogP contribution in [0.15, 0.2) is 42.7 Å². The molecule has 1 saturated carbocycles. The number of hydrogen-bond donors (Lipinski definition) is 2. The van der Waals surface area contributed by atoms with Crippen LogP contribution in [-0.4, -0.2) is 41.2 Å². The fourth-order valence-corrected chi connectivity index (χ4v) is 6.12. The number of ether oxygens (including phenoxy) is 2. The van der Waals surface area contributed by atoms with Crippen LogP contribution in [-0.2, 0) is 4.74 Å². The molecule has 1 saturated heterocycles. The Morgan fingerprint density at radius 1 is 1.12 bits per heavy atom. The maximum absolute atomic E-state index is 15.3. The Bertz CT molecular complexity index is 1350. The molecule has 3 N–H and O–H groups in total. The lowest BCUT2D eigenvalue weighted by Gasteiger charge is -2.37. The average Bonchev–Trinajstić information content (AvgIpc) is 2.93.